The van der Waals surface area contributed by atoms with Gasteiger partial charge in [0.1, 0.15) is 0 Å². The van der Waals surface area contributed by atoms with Gasteiger partial charge >= 0.3 is 0 Å². The maximum Gasteiger partial charge on any atom is 0.0228 e. The molecule has 0 saturated heterocycles. The van der Waals surface area contributed by atoms with Crippen molar-refractivity contribution in [1.29, 1.82) is 0 Å². The lowest BCUT2D eigenvalue weighted by atomic mass is 9.44. The molecular formula is C21H31Cl. The number of benzene rings is 1. The quantitative estimate of drug-likeness (QED) is 0.564. The molecule has 2 aliphatic rings. The van der Waals surface area contributed by atoms with E-state index >= 15 is 0 Å². The Hall–Kier alpha value is -0.490. The Bertz CT molecular complexity index is 516. The van der Waals surface area contributed by atoms with Crippen LogP contribution in [0.4, 0.5) is 0 Å². The number of fused-ring (bicyclic) bond motifs is 2. The van der Waals surface area contributed by atoms with Crippen molar-refractivity contribution >= 4 is 11.6 Å². The fourth-order valence-electron chi connectivity index (χ4n) is 5.90. The van der Waals surface area contributed by atoms with Gasteiger partial charge < -0.3 is 0 Å². The van der Waals surface area contributed by atoms with Crippen molar-refractivity contribution in [1.82, 2.24) is 0 Å². The molecular weight excluding hydrogens is 288 g/mol. The molecule has 0 N–H and O–H groups in total. The first kappa shape index (κ1) is 16.4. The summed E-state index contributed by atoms with van der Waals surface area (Å²) < 4.78 is 0. The van der Waals surface area contributed by atoms with Crippen molar-refractivity contribution < 1.29 is 0 Å². The molecule has 4 atom stereocenters. The predicted molar refractivity (Wildman–Crippen MR) is 96.5 cm³/mol. The predicted octanol–water partition coefficient (Wildman–Crippen LogP) is 6.43. The smallest absolute Gasteiger partial charge is 0.0228 e. The topological polar surface area (TPSA) is 0 Å². The van der Waals surface area contributed by atoms with Crippen molar-refractivity contribution in [2.24, 2.45) is 22.7 Å². The monoisotopic (exact) mass is 318 g/mol. The average molecular weight is 319 g/mol. The number of alkyl halides is 1. The molecule has 122 valence electrons. The largest absolute Gasteiger partial charge is 0.127 e. The van der Waals surface area contributed by atoms with Crippen LogP contribution < -0.4 is 0 Å². The van der Waals surface area contributed by atoms with E-state index in [0.29, 0.717) is 16.2 Å². The van der Waals surface area contributed by atoms with Gasteiger partial charge in [0.25, 0.3) is 0 Å². The lowest BCUT2D eigenvalue weighted by molar-refractivity contribution is -0.0709. The number of rotatable bonds is 3. The zero-order valence-electron chi connectivity index (χ0n) is 14.7. The van der Waals surface area contributed by atoms with Gasteiger partial charge in [-0.2, -0.15) is 0 Å². The summed E-state index contributed by atoms with van der Waals surface area (Å²) in [5.74, 6) is 2.36. The van der Waals surface area contributed by atoms with E-state index in [1.54, 1.807) is 5.56 Å². The molecule has 0 heterocycles. The van der Waals surface area contributed by atoms with Crippen molar-refractivity contribution in [2.75, 3.05) is 5.88 Å². The summed E-state index contributed by atoms with van der Waals surface area (Å²) in [4.78, 5) is 0. The van der Waals surface area contributed by atoms with Crippen molar-refractivity contribution in [3.63, 3.8) is 0 Å². The van der Waals surface area contributed by atoms with Gasteiger partial charge in [-0.05, 0) is 65.7 Å². The Morgan fingerprint density at radius 2 is 1.73 bits per heavy atom. The first-order valence-corrected chi connectivity index (χ1v) is 9.46. The third kappa shape index (κ3) is 2.62. The molecule has 0 spiro atoms. The van der Waals surface area contributed by atoms with Gasteiger partial charge in [-0.15, -0.1) is 11.6 Å². The molecule has 3 rings (SSSR count). The van der Waals surface area contributed by atoms with Gasteiger partial charge in [0.15, 0.2) is 0 Å². The van der Waals surface area contributed by atoms with E-state index in [1.165, 1.54) is 32.1 Å². The summed E-state index contributed by atoms with van der Waals surface area (Å²) >= 11 is 6.19. The van der Waals surface area contributed by atoms with E-state index in [-0.39, 0.29) is 0 Å². The van der Waals surface area contributed by atoms with E-state index in [1.807, 2.05) is 0 Å². The molecule has 22 heavy (non-hydrogen) atoms. The summed E-state index contributed by atoms with van der Waals surface area (Å²) in [7, 11) is 0. The molecule has 0 nitrogen and oxygen atoms in total. The molecule has 1 aromatic carbocycles. The van der Waals surface area contributed by atoms with E-state index in [4.69, 9.17) is 11.6 Å². The van der Waals surface area contributed by atoms with Crippen LogP contribution >= 0.6 is 11.6 Å². The highest BCUT2D eigenvalue weighted by Gasteiger charge is 2.56. The SMILES string of the molecule is CC1CC2(c3ccccc3)CC(CC(C)(C)C2)C1(C)CCCl. The minimum Gasteiger partial charge on any atom is -0.127 e. The highest BCUT2D eigenvalue weighted by atomic mass is 35.5. The summed E-state index contributed by atoms with van der Waals surface area (Å²) in [6.07, 6.45) is 6.55. The first-order valence-electron chi connectivity index (χ1n) is 8.93. The van der Waals surface area contributed by atoms with Crippen LogP contribution in [0.15, 0.2) is 30.3 Å². The van der Waals surface area contributed by atoms with E-state index in [0.717, 1.165) is 17.7 Å². The Balaban J connectivity index is 2.03. The van der Waals surface area contributed by atoms with Gasteiger partial charge in [-0.25, -0.2) is 0 Å². The Kier molecular flexibility index (Phi) is 4.13. The fraction of sp³-hybridized carbons (Fsp3) is 0.714. The van der Waals surface area contributed by atoms with Gasteiger partial charge in [0.2, 0.25) is 0 Å². The van der Waals surface area contributed by atoms with Crippen LogP contribution in [0.5, 0.6) is 0 Å². The summed E-state index contributed by atoms with van der Waals surface area (Å²) in [5, 5.41) is 0. The first-order chi connectivity index (χ1) is 10.3. The van der Waals surface area contributed by atoms with Crippen LogP contribution in [0.25, 0.3) is 0 Å². The number of halogens is 1. The number of hydrogen-bond donors (Lipinski definition) is 0. The molecule has 0 aromatic heterocycles. The van der Waals surface area contributed by atoms with Gasteiger partial charge in [-0.3, -0.25) is 0 Å². The normalized spacial score (nSPS) is 40.4. The molecule has 1 heteroatoms. The zero-order valence-corrected chi connectivity index (χ0v) is 15.4. The Morgan fingerprint density at radius 3 is 2.36 bits per heavy atom. The fourth-order valence-corrected chi connectivity index (χ4v) is 6.31. The number of hydrogen-bond acceptors (Lipinski definition) is 0. The minimum absolute atomic E-state index is 0.388. The highest BCUT2D eigenvalue weighted by Crippen LogP contribution is 2.64. The van der Waals surface area contributed by atoms with Crippen molar-refractivity contribution in [3.05, 3.63) is 35.9 Å². The van der Waals surface area contributed by atoms with E-state index < -0.39 is 0 Å². The molecule has 0 aliphatic heterocycles. The van der Waals surface area contributed by atoms with Crippen LogP contribution in [-0.4, -0.2) is 5.88 Å². The van der Waals surface area contributed by atoms with Crippen LogP contribution in [0.2, 0.25) is 0 Å². The molecule has 1 aromatic rings. The average Bonchev–Trinajstić information content (AvgIpc) is 2.45. The summed E-state index contributed by atoms with van der Waals surface area (Å²) in [5.41, 5.74) is 2.82. The Labute approximate surface area is 141 Å². The highest BCUT2D eigenvalue weighted by molar-refractivity contribution is 6.17. The standard InChI is InChI=1S/C21H31Cl/c1-16-12-21(17-8-6-5-7-9-17)14-18(13-19(2,3)15-21)20(16,4)10-11-22/h5-9,16,18H,10-15H2,1-4H3. The summed E-state index contributed by atoms with van der Waals surface area (Å²) in [6.45, 7) is 9.96. The molecule has 4 unspecified atom stereocenters. The lowest BCUT2D eigenvalue weighted by Gasteiger charge is -2.61. The Morgan fingerprint density at radius 1 is 1.05 bits per heavy atom. The second-order valence-electron chi connectivity index (χ2n) is 9.14. The lowest BCUT2D eigenvalue weighted by Crippen LogP contribution is -2.54. The van der Waals surface area contributed by atoms with Gasteiger partial charge in [-0.1, -0.05) is 58.0 Å². The van der Waals surface area contributed by atoms with Gasteiger partial charge in [0, 0.05) is 5.88 Å². The summed E-state index contributed by atoms with van der Waals surface area (Å²) in [6, 6.07) is 11.3. The third-order valence-corrected chi connectivity index (χ3v) is 7.22. The van der Waals surface area contributed by atoms with E-state index in [2.05, 4.69) is 58.0 Å². The van der Waals surface area contributed by atoms with Crippen LogP contribution in [0.1, 0.15) is 65.4 Å². The van der Waals surface area contributed by atoms with Gasteiger partial charge in [0.05, 0.1) is 0 Å². The molecule has 2 saturated carbocycles. The van der Waals surface area contributed by atoms with Crippen molar-refractivity contribution in [2.45, 2.75) is 65.2 Å². The maximum absolute atomic E-state index is 6.19. The van der Waals surface area contributed by atoms with E-state index in [9.17, 15) is 0 Å². The molecule has 2 fully saturated rings. The van der Waals surface area contributed by atoms with Crippen LogP contribution in [0.3, 0.4) is 0 Å². The van der Waals surface area contributed by atoms with Crippen molar-refractivity contribution in [3.8, 4) is 0 Å². The third-order valence-electron chi connectivity index (χ3n) is 7.03. The molecule has 0 radical (unpaired) electrons. The van der Waals surface area contributed by atoms with Crippen LogP contribution in [-0.2, 0) is 5.41 Å². The maximum atomic E-state index is 6.19. The zero-order chi connectivity index (χ0) is 16.0. The minimum atomic E-state index is 0.388. The second-order valence-corrected chi connectivity index (χ2v) is 9.52. The molecule has 0 amide bonds. The van der Waals surface area contributed by atoms with Crippen LogP contribution in [0, 0.1) is 22.7 Å². The molecule has 2 bridgehead atoms. The molecule has 2 aliphatic carbocycles. The second kappa shape index (κ2) is 5.55.